The predicted octanol–water partition coefficient (Wildman–Crippen LogP) is 3.07. The molecule has 0 aromatic rings. The highest BCUT2D eigenvalue weighted by atomic mass is 31.0. The van der Waals surface area contributed by atoms with Crippen molar-refractivity contribution >= 4 is 21.7 Å². The lowest BCUT2D eigenvalue weighted by Crippen LogP contribution is -2.55. The second-order valence-electron chi connectivity index (χ2n) is 6.19. The first-order valence-electron chi connectivity index (χ1n) is 8.05. The third-order valence-corrected chi connectivity index (χ3v) is 5.09. The summed E-state index contributed by atoms with van der Waals surface area (Å²) in [5.74, 6) is -0.483. The molecule has 1 rings (SSSR count). The third kappa shape index (κ3) is 4.95. The normalized spacial score (nSPS) is 21.2. The molecule has 1 saturated heterocycles. The molecule has 0 aromatic carbocycles. The maximum Gasteiger partial charge on any atom is 0.149 e. The Labute approximate surface area is 141 Å². The molecule has 3 atom stereocenters. The molecule has 0 aliphatic carbocycles. The largest absolute Gasteiger partial charge is 0.356 e. The molecule has 0 amide bonds. The van der Waals surface area contributed by atoms with E-state index in [0.717, 1.165) is 32.4 Å². The number of nitrogens with one attached hydrogen (secondary N) is 1. The maximum atomic E-state index is 13.7. The minimum atomic E-state index is -1.20. The quantitative estimate of drug-likeness (QED) is 0.419. The van der Waals surface area contributed by atoms with Crippen LogP contribution in [0.3, 0.4) is 0 Å². The highest BCUT2D eigenvalue weighted by molar-refractivity contribution is 7.17. The van der Waals surface area contributed by atoms with Crippen molar-refractivity contribution in [1.82, 2.24) is 10.2 Å². The Hall–Kier alpha value is -1.06. The third-order valence-electron chi connectivity index (χ3n) is 4.73. The molecule has 130 valence electrons. The van der Waals surface area contributed by atoms with Crippen LogP contribution in [0, 0.1) is 0 Å². The molecule has 23 heavy (non-hydrogen) atoms. The first kappa shape index (κ1) is 20.0. The van der Waals surface area contributed by atoms with Crippen molar-refractivity contribution in [2.45, 2.75) is 57.5 Å². The summed E-state index contributed by atoms with van der Waals surface area (Å²) >= 11 is 0. The molecule has 3 unspecified atom stereocenters. The van der Waals surface area contributed by atoms with Crippen molar-refractivity contribution in [3.8, 4) is 0 Å². The lowest BCUT2D eigenvalue weighted by Gasteiger charge is -2.39. The standard InChI is InChI=1S/C17H29FN3OP/c1-6-14(15(18)23)16(19-5)21-10-8-13(9-11-21)20-17(4,7-2)12(3)22/h6,13,15,20H,1,5,7-11,23H2,2-4H3/b16-14-. The number of carbonyl (C=O) groups is 1. The zero-order valence-electron chi connectivity index (χ0n) is 14.4. The molecule has 6 heteroatoms. The summed E-state index contributed by atoms with van der Waals surface area (Å²) in [5, 5.41) is 3.49. The van der Waals surface area contributed by atoms with Gasteiger partial charge in [0.1, 0.15) is 17.5 Å². The van der Waals surface area contributed by atoms with Crippen LogP contribution >= 0.6 is 9.24 Å². The molecule has 1 aliphatic heterocycles. The Morgan fingerprint density at radius 2 is 2.13 bits per heavy atom. The lowest BCUT2D eigenvalue weighted by molar-refractivity contribution is -0.123. The molecule has 4 nitrogen and oxygen atoms in total. The number of hydrogen-bond acceptors (Lipinski definition) is 4. The summed E-state index contributed by atoms with van der Waals surface area (Å²) in [6.45, 7) is 14.3. The molecule has 1 aliphatic rings. The lowest BCUT2D eigenvalue weighted by atomic mass is 9.91. The van der Waals surface area contributed by atoms with Crippen LogP contribution in [0.25, 0.3) is 0 Å². The van der Waals surface area contributed by atoms with E-state index in [1.807, 2.05) is 18.7 Å². The monoisotopic (exact) mass is 341 g/mol. The van der Waals surface area contributed by atoms with Gasteiger partial charge < -0.3 is 10.2 Å². The molecule has 0 aromatic heterocycles. The molecule has 0 saturated carbocycles. The van der Waals surface area contributed by atoms with Gasteiger partial charge in [-0.3, -0.25) is 4.79 Å². The summed E-state index contributed by atoms with van der Waals surface area (Å²) in [7, 11) is 2.12. The molecule has 1 fully saturated rings. The van der Waals surface area contributed by atoms with E-state index >= 15 is 0 Å². The molecule has 0 spiro atoms. The second kappa shape index (κ2) is 8.70. The van der Waals surface area contributed by atoms with Crippen LogP contribution in [0.15, 0.2) is 29.0 Å². The number of aliphatic imine (C=N–C) groups is 1. The van der Waals surface area contributed by atoms with Crippen molar-refractivity contribution < 1.29 is 9.18 Å². The summed E-state index contributed by atoms with van der Waals surface area (Å²) < 4.78 is 13.7. The van der Waals surface area contributed by atoms with Crippen LogP contribution in [-0.2, 0) is 4.79 Å². The van der Waals surface area contributed by atoms with Gasteiger partial charge in [0.25, 0.3) is 0 Å². The Bertz CT molecular complexity index is 484. The van der Waals surface area contributed by atoms with Crippen molar-refractivity contribution in [2.24, 2.45) is 4.99 Å². The van der Waals surface area contributed by atoms with Gasteiger partial charge in [0, 0.05) is 24.7 Å². The number of carbonyl (C=O) groups excluding carboxylic acids is 1. The Morgan fingerprint density at radius 1 is 1.57 bits per heavy atom. The fraction of sp³-hybridized carbons (Fsp3) is 0.647. The molecule has 0 radical (unpaired) electrons. The van der Waals surface area contributed by atoms with Gasteiger partial charge in [0.15, 0.2) is 0 Å². The van der Waals surface area contributed by atoms with Gasteiger partial charge in [0.05, 0.1) is 5.54 Å². The number of rotatable bonds is 8. The average molecular weight is 341 g/mol. The number of nitrogens with zero attached hydrogens (tertiary/aromatic N) is 2. The summed E-state index contributed by atoms with van der Waals surface area (Å²) in [6.07, 6.45) is 4.01. The van der Waals surface area contributed by atoms with E-state index in [1.54, 1.807) is 6.92 Å². The number of alkyl halides is 1. The van der Waals surface area contributed by atoms with E-state index in [4.69, 9.17) is 0 Å². The fourth-order valence-corrected chi connectivity index (χ4v) is 3.13. The van der Waals surface area contributed by atoms with E-state index in [1.165, 1.54) is 6.08 Å². The molecule has 1 N–H and O–H groups in total. The highest BCUT2D eigenvalue weighted by Gasteiger charge is 2.32. The predicted molar refractivity (Wildman–Crippen MR) is 98.5 cm³/mol. The minimum absolute atomic E-state index is 0.160. The molecular weight excluding hydrogens is 312 g/mol. The van der Waals surface area contributed by atoms with Crippen LogP contribution in [0.5, 0.6) is 0 Å². The molecular formula is C17H29FN3OP. The van der Waals surface area contributed by atoms with Crippen molar-refractivity contribution in [3.05, 3.63) is 24.0 Å². The average Bonchev–Trinajstić information content (AvgIpc) is 2.52. The van der Waals surface area contributed by atoms with E-state index in [-0.39, 0.29) is 11.8 Å². The summed E-state index contributed by atoms with van der Waals surface area (Å²) in [6, 6.07) is 0.274. The van der Waals surface area contributed by atoms with E-state index in [2.05, 4.69) is 32.8 Å². The first-order chi connectivity index (χ1) is 10.8. The summed E-state index contributed by atoms with van der Waals surface area (Å²) in [4.78, 5) is 17.9. The number of halogens is 1. The zero-order chi connectivity index (χ0) is 17.6. The van der Waals surface area contributed by atoms with E-state index < -0.39 is 11.5 Å². The number of hydrogen-bond donors (Lipinski definition) is 1. The summed E-state index contributed by atoms with van der Waals surface area (Å²) in [5.41, 5.74) is -0.0306. The van der Waals surface area contributed by atoms with Crippen LogP contribution in [0.4, 0.5) is 4.39 Å². The molecule has 1 heterocycles. The number of ketones is 1. The van der Waals surface area contributed by atoms with Crippen LogP contribution in [0.1, 0.15) is 40.0 Å². The van der Waals surface area contributed by atoms with Crippen LogP contribution < -0.4 is 5.32 Å². The van der Waals surface area contributed by atoms with Gasteiger partial charge in [-0.2, -0.15) is 0 Å². The zero-order valence-corrected chi connectivity index (χ0v) is 15.6. The van der Waals surface area contributed by atoms with Gasteiger partial charge in [-0.05, 0) is 39.8 Å². The smallest absolute Gasteiger partial charge is 0.149 e. The van der Waals surface area contributed by atoms with Gasteiger partial charge in [-0.25, -0.2) is 9.38 Å². The van der Waals surface area contributed by atoms with Gasteiger partial charge >= 0.3 is 0 Å². The molecule has 0 bridgehead atoms. The number of Topliss-reactive ketones (excluding diaryl/α,β-unsaturated/α-hetero) is 1. The van der Waals surface area contributed by atoms with Crippen LogP contribution in [0.2, 0.25) is 0 Å². The first-order valence-corrected chi connectivity index (χ1v) is 8.72. The second-order valence-corrected chi connectivity index (χ2v) is 6.78. The highest BCUT2D eigenvalue weighted by Crippen LogP contribution is 2.26. The van der Waals surface area contributed by atoms with Gasteiger partial charge in [-0.1, -0.05) is 28.8 Å². The maximum absolute atomic E-state index is 13.7. The van der Waals surface area contributed by atoms with Crippen molar-refractivity contribution in [3.63, 3.8) is 0 Å². The minimum Gasteiger partial charge on any atom is -0.356 e. The van der Waals surface area contributed by atoms with Gasteiger partial charge in [0.2, 0.25) is 0 Å². The van der Waals surface area contributed by atoms with Crippen molar-refractivity contribution in [1.29, 1.82) is 0 Å². The van der Waals surface area contributed by atoms with Gasteiger partial charge in [-0.15, -0.1) is 0 Å². The fourth-order valence-electron chi connectivity index (χ4n) is 2.84. The number of likely N-dealkylation sites (tertiary alicyclic amines) is 1. The van der Waals surface area contributed by atoms with Crippen molar-refractivity contribution in [2.75, 3.05) is 13.1 Å². The SMILES string of the molecule is C=C/C(=C(\N=C)N1CCC(NC(C)(CC)C(C)=O)CC1)C(F)P. The number of allylic oxidation sites excluding steroid dienone is 2. The van der Waals surface area contributed by atoms with E-state index in [9.17, 15) is 9.18 Å². The topological polar surface area (TPSA) is 44.7 Å². The van der Waals surface area contributed by atoms with Crippen LogP contribution in [-0.4, -0.2) is 48.0 Å². The van der Waals surface area contributed by atoms with E-state index in [0.29, 0.717) is 11.4 Å². The number of piperidine rings is 1. The Kier molecular flexibility index (Phi) is 7.56. The Morgan fingerprint density at radius 3 is 2.48 bits per heavy atom. The Balaban J connectivity index is 2.77.